The van der Waals surface area contributed by atoms with E-state index in [1.54, 1.807) is 6.08 Å². The number of allylic oxidation sites excluding steroid dienone is 1. The third-order valence-electron chi connectivity index (χ3n) is 10.5. The van der Waals surface area contributed by atoms with Crippen LogP contribution in [0.4, 0.5) is 0 Å². The van der Waals surface area contributed by atoms with E-state index in [0.29, 0.717) is 23.5 Å². The summed E-state index contributed by atoms with van der Waals surface area (Å²) in [5, 5.41) is 0. The Hall–Kier alpha value is -1.38. The minimum Gasteiger partial charge on any atom is -0.451 e. The summed E-state index contributed by atoms with van der Waals surface area (Å²) < 4.78 is 6.10. The standard InChI is InChI=1S/C24H28O3/c1-22-6-3-12(25)9-17(22)13-10-14(13)20-16(22)4-7-23(2)21(20)15-11-18(15)24(23)8-5-19(26)27-24/h5,8-9,13-16,18,20-21H,3-4,6-7,10-11H2,1-2H3/t13?,14-,15+,16?,18-,20?,21?,22+,23-,24-/m0/s1. The van der Waals surface area contributed by atoms with E-state index in [0.717, 1.165) is 42.9 Å². The summed E-state index contributed by atoms with van der Waals surface area (Å²) in [5.74, 6) is 5.17. The van der Waals surface area contributed by atoms with Crippen LogP contribution in [0.2, 0.25) is 0 Å². The van der Waals surface area contributed by atoms with Gasteiger partial charge in [-0.2, -0.15) is 0 Å². The van der Waals surface area contributed by atoms with Crippen molar-refractivity contribution in [2.45, 2.75) is 58.0 Å². The van der Waals surface area contributed by atoms with Crippen LogP contribution in [0.25, 0.3) is 0 Å². The van der Waals surface area contributed by atoms with E-state index in [1.165, 1.54) is 24.8 Å². The highest BCUT2D eigenvalue weighted by Crippen LogP contribution is 2.81. The van der Waals surface area contributed by atoms with Gasteiger partial charge in [0.1, 0.15) is 5.60 Å². The lowest BCUT2D eigenvalue weighted by atomic mass is 9.45. The Morgan fingerprint density at radius 2 is 1.93 bits per heavy atom. The Balaban J connectivity index is 1.34. The van der Waals surface area contributed by atoms with Gasteiger partial charge in [0.2, 0.25) is 0 Å². The number of hydrogen-bond acceptors (Lipinski definition) is 3. The molecule has 0 aromatic carbocycles. The van der Waals surface area contributed by atoms with Crippen molar-refractivity contribution in [1.82, 2.24) is 0 Å². The van der Waals surface area contributed by atoms with E-state index in [9.17, 15) is 9.59 Å². The van der Waals surface area contributed by atoms with Crippen molar-refractivity contribution in [3.8, 4) is 0 Å². The van der Waals surface area contributed by atoms with E-state index in [-0.39, 0.29) is 22.4 Å². The molecule has 10 atom stereocenters. The summed E-state index contributed by atoms with van der Waals surface area (Å²) in [6.07, 6.45) is 12.6. The van der Waals surface area contributed by atoms with E-state index >= 15 is 0 Å². The Kier molecular flexibility index (Phi) is 2.46. The van der Waals surface area contributed by atoms with Crippen molar-refractivity contribution in [3.63, 3.8) is 0 Å². The highest BCUT2D eigenvalue weighted by molar-refractivity contribution is 5.92. The van der Waals surface area contributed by atoms with Gasteiger partial charge >= 0.3 is 5.97 Å². The second-order valence-corrected chi connectivity index (χ2v) is 11.2. The van der Waals surface area contributed by atoms with E-state index in [2.05, 4.69) is 26.0 Å². The molecule has 0 N–H and O–H groups in total. The molecule has 5 saturated carbocycles. The molecule has 1 spiro atoms. The monoisotopic (exact) mass is 364 g/mol. The third-order valence-corrected chi connectivity index (χ3v) is 10.5. The number of ether oxygens (including phenoxy) is 1. The van der Waals surface area contributed by atoms with Crippen LogP contribution >= 0.6 is 0 Å². The van der Waals surface area contributed by atoms with Crippen molar-refractivity contribution in [2.24, 2.45) is 52.3 Å². The number of rotatable bonds is 0. The Morgan fingerprint density at radius 3 is 2.70 bits per heavy atom. The molecule has 4 unspecified atom stereocenters. The summed E-state index contributed by atoms with van der Waals surface area (Å²) in [4.78, 5) is 24.2. The second kappa shape index (κ2) is 4.28. The van der Waals surface area contributed by atoms with Crippen molar-refractivity contribution >= 4 is 11.8 Å². The van der Waals surface area contributed by atoms with Gasteiger partial charge in [-0.3, -0.25) is 4.79 Å². The Morgan fingerprint density at radius 1 is 1.07 bits per heavy atom. The van der Waals surface area contributed by atoms with Gasteiger partial charge < -0.3 is 4.74 Å². The molecule has 7 rings (SSSR count). The molecule has 7 aliphatic rings. The van der Waals surface area contributed by atoms with E-state index in [1.807, 2.05) is 0 Å². The first-order valence-corrected chi connectivity index (χ1v) is 11.1. The van der Waals surface area contributed by atoms with E-state index in [4.69, 9.17) is 4.74 Å². The highest BCUT2D eigenvalue weighted by atomic mass is 16.6. The first kappa shape index (κ1) is 15.5. The van der Waals surface area contributed by atoms with Crippen LogP contribution in [-0.2, 0) is 14.3 Å². The zero-order chi connectivity index (χ0) is 18.3. The number of carbonyl (C=O) groups excluding carboxylic acids is 2. The van der Waals surface area contributed by atoms with Gasteiger partial charge in [0, 0.05) is 23.8 Å². The van der Waals surface area contributed by atoms with Gasteiger partial charge in [-0.25, -0.2) is 4.79 Å². The summed E-state index contributed by atoms with van der Waals surface area (Å²) in [7, 11) is 0. The molecule has 3 heteroatoms. The molecule has 6 aliphatic carbocycles. The molecule has 142 valence electrons. The summed E-state index contributed by atoms with van der Waals surface area (Å²) in [6.45, 7) is 4.92. The van der Waals surface area contributed by atoms with Gasteiger partial charge in [-0.15, -0.1) is 0 Å². The third kappa shape index (κ3) is 1.53. The summed E-state index contributed by atoms with van der Waals surface area (Å²) >= 11 is 0. The quantitative estimate of drug-likeness (QED) is 0.608. The van der Waals surface area contributed by atoms with Crippen LogP contribution in [0.5, 0.6) is 0 Å². The van der Waals surface area contributed by atoms with Crippen molar-refractivity contribution in [3.05, 3.63) is 23.8 Å². The molecule has 0 radical (unpaired) electrons. The summed E-state index contributed by atoms with van der Waals surface area (Å²) in [6, 6.07) is 0. The number of esters is 1. The van der Waals surface area contributed by atoms with Crippen LogP contribution in [0.15, 0.2) is 23.8 Å². The lowest BCUT2D eigenvalue weighted by Gasteiger charge is -2.59. The van der Waals surface area contributed by atoms with Crippen molar-refractivity contribution in [1.29, 1.82) is 0 Å². The average Bonchev–Trinajstić information content (AvgIpc) is 3.53. The molecule has 0 bridgehead atoms. The van der Waals surface area contributed by atoms with Gasteiger partial charge in [0.15, 0.2) is 5.78 Å². The molecular formula is C24H28O3. The number of fused-ring (bicyclic) bond motifs is 12. The summed E-state index contributed by atoms with van der Waals surface area (Å²) in [5.41, 5.74) is 1.55. The Bertz CT molecular complexity index is 869. The Labute approximate surface area is 160 Å². The van der Waals surface area contributed by atoms with Crippen molar-refractivity contribution < 1.29 is 14.3 Å². The van der Waals surface area contributed by atoms with Gasteiger partial charge in [0.05, 0.1) is 0 Å². The molecule has 0 saturated heterocycles. The SMILES string of the molecule is C[C@]12CCC(=O)C=C1C1C[C@@H]1C1C2CC[C@@]2(C)C1[C@@H]1C[C@@H]1[C@@]21C=CC(=O)O1. The topological polar surface area (TPSA) is 43.4 Å². The molecule has 1 aliphatic heterocycles. The smallest absolute Gasteiger partial charge is 0.331 e. The van der Waals surface area contributed by atoms with Crippen LogP contribution in [0, 0.1) is 52.3 Å². The average molecular weight is 364 g/mol. The molecule has 1 heterocycles. The molecule has 5 fully saturated rings. The highest BCUT2D eigenvalue weighted by Gasteiger charge is 2.80. The molecule has 0 amide bonds. The minimum absolute atomic E-state index is 0.111. The molecule has 0 aromatic rings. The zero-order valence-corrected chi connectivity index (χ0v) is 16.2. The van der Waals surface area contributed by atoms with E-state index < -0.39 is 0 Å². The van der Waals surface area contributed by atoms with Gasteiger partial charge in [0.25, 0.3) is 0 Å². The predicted octanol–water partition coefficient (Wildman–Crippen LogP) is 4.08. The maximum absolute atomic E-state index is 12.1. The van der Waals surface area contributed by atoms with Crippen LogP contribution in [-0.4, -0.2) is 17.4 Å². The van der Waals surface area contributed by atoms with Crippen LogP contribution in [0.3, 0.4) is 0 Å². The fourth-order valence-corrected chi connectivity index (χ4v) is 9.34. The lowest BCUT2D eigenvalue weighted by molar-refractivity contribution is -0.170. The number of ketones is 1. The van der Waals surface area contributed by atoms with Crippen LogP contribution in [0.1, 0.15) is 52.4 Å². The first-order valence-electron chi connectivity index (χ1n) is 11.1. The van der Waals surface area contributed by atoms with Crippen LogP contribution < -0.4 is 0 Å². The number of hydrogen-bond donors (Lipinski definition) is 0. The van der Waals surface area contributed by atoms with Gasteiger partial charge in [-0.05, 0) is 85.2 Å². The normalized spacial score (nSPS) is 61.4. The second-order valence-electron chi connectivity index (χ2n) is 11.2. The molecule has 3 nitrogen and oxygen atoms in total. The molecular weight excluding hydrogens is 336 g/mol. The fourth-order valence-electron chi connectivity index (χ4n) is 9.34. The maximum Gasteiger partial charge on any atom is 0.331 e. The largest absolute Gasteiger partial charge is 0.451 e. The van der Waals surface area contributed by atoms with Gasteiger partial charge in [-0.1, -0.05) is 19.4 Å². The minimum atomic E-state index is -0.311. The number of carbonyl (C=O) groups is 2. The van der Waals surface area contributed by atoms with Crippen molar-refractivity contribution in [2.75, 3.05) is 0 Å². The maximum atomic E-state index is 12.1. The first-order chi connectivity index (χ1) is 12.9. The predicted molar refractivity (Wildman–Crippen MR) is 99.4 cm³/mol. The molecule has 27 heavy (non-hydrogen) atoms. The fraction of sp³-hybridized carbons (Fsp3) is 0.750. The lowest BCUT2D eigenvalue weighted by Crippen LogP contribution is -2.57. The molecule has 0 aromatic heterocycles. The zero-order valence-electron chi connectivity index (χ0n) is 16.2.